The van der Waals surface area contributed by atoms with Gasteiger partial charge in [-0.25, -0.2) is 4.79 Å². The lowest BCUT2D eigenvalue weighted by atomic mass is 10.1. The summed E-state index contributed by atoms with van der Waals surface area (Å²) in [6, 6.07) is 3.91. The van der Waals surface area contributed by atoms with Crippen molar-refractivity contribution < 1.29 is 49.3 Å². The molecule has 29 heavy (non-hydrogen) atoms. The Morgan fingerprint density at radius 1 is 1.21 bits per heavy atom. The van der Waals surface area contributed by atoms with Crippen LogP contribution in [0.25, 0.3) is 10.9 Å². The fraction of sp³-hybridized carbons (Fsp3) is 0.550. The number of rotatable bonds is 10. The third-order valence-electron chi connectivity index (χ3n) is 5.11. The molecule has 0 fully saturated rings. The Hall–Kier alpha value is -0.990. The van der Waals surface area contributed by atoms with E-state index in [1.165, 1.54) is 0 Å². The number of hydrogen-bond donors (Lipinski definition) is 2. The van der Waals surface area contributed by atoms with Gasteiger partial charge in [0.15, 0.2) is 0 Å². The molecule has 0 atom stereocenters. The van der Waals surface area contributed by atoms with E-state index in [-0.39, 0.29) is 30.8 Å². The van der Waals surface area contributed by atoms with Gasteiger partial charge in [0, 0.05) is 12.4 Å². The van der Waals surface area contributed by atoms with Crippen LogP contribution >= 0.6 is 15.9 Å². The van der Waals surface area contributed by atoms with Crippen molar-refractivity contribution in [2.24, 2.45) is 7.05 Å². The van der Waals surface area contributed by atoms with Crippen molar-refractivity contribution in [1.82, 2.24) is 4.57 Å². The number of likely N-dealkylation sites (N-methyl/N-ethyl adjacent to an activating group) is 1. The largest absolute Gasteiger partial charge is 1.00 e. The first-order chi connectivity index (χ1) is 13.0. The van der Waals surface area contributed by atoms with Crippen LogP contribution in [0.4, 0.5) is 0 Å². The van der Waals surface area contributed by atoms with E-state index >= 15 is 0 Å². The van der Waals surface area contributed by atoms with Crippen molar-refractivity contribution in [3.8, 4) is 5.75 Å². The maximum atomic E-state index is 12.7. The SMILES string of the molecule is CCOC(=O)c1c(C[NH2+]CC[NH+](CC)CC)n(C)c2cc(Br)c(OC)cc12.[Cl-].[Cl-]. The van der Waals surface area contributed by atoms with Crippen molar-refractivity contribution in [3.05, 3.63) is 27.9 Å². The topological polar surface area (TPSA) is 61.5 Å². The second-order valence-electron chi connectivity index (χ2n) is 6.59. The van der Waals surface area contributed by atoms with E-state index in [9.17, 15) is 4.79 Å². The van der Waals surface area contributed by atoms with E-state index in [0.29, 0.717) is 17.9 Å². The lowest BCUT2D eigenvalue weighted by Crippen LogP contribution is -3.14. The minimum absolute atomic E-state index is 0. The summed E-state index contributed by atoms with van der Waals surface area (Å²) in [5, 5.41) is 3.14. The normalized spacial score (nSPS) is 10.6. The van der Waals surface area contributed by atoms with E-state index in [2.05, 4.69) is 39.7 Å². The van der Waals surface area contributed by atoms with Crippen LogP contribution < -0.4 is 39.8 Å². The zero-order valence-electron chi connectivity index (χ0n) is 17.8. The minimum atomic E-state index is -0.273. The lowest BCUT2D eigenvalue weighted by molar-refractivity contribution is -0.910. The molecule has 0 saturated heterocycles. The number of nitrogens with one attached hydrogen (secondary N) is 1. The molecule has 1 aromatic carbocycles. The zero-order chi connectivity index (χ0) is 20.0. The fourth-order valence-corrected chi connectivity index (χ4v) is 3.96. The molecule has 0 saturated carbocycles. The highest BCUT2D eigenvalue weighted by atomic mass is 79.9. The summed E-state index contributed by atoms with van der Waals surface area (Å²) in [6.45, 7) is 11.8. The number of carbonyl (C=O) groups excluding carboxylic acids is 1. The van der Waals surface area contributed by atoms with Gasteiger partial charge in [-0.15, -0.1) is 0 Å². The summed E-state index contributed by atoms with van der Waals surface area (Å²) >= 11 is 3.54. The van der Waals surface area contributed by atoms with Crippen LogP contribution in [0.1, 0.15) is 36.8 Å². The Morgan fingerprint density at radius 2 is 1.86 bits per heavy atom. The van der Waals surface area contributed by atoms with Crippen molar-refractivity contribution in [2.75, 3.05) is 39.9 Å². The van der Waals surface area contributed by atoms with Gasteiger partial charge in [-0.1, -0.05) is 0 Å². The number of halogens is 3. The number of esters is 1. The van der Waals surface area contributed by atoms with Gasteiger partial charge in [0.25, 0.3) is 0 Å². The number of nitrogens with zero attached hydrogens (tertiary/aromatic N) is 1. The van der Waals surface area contributed by atoms with Crippen LogP contribution in [0.2, 0.25) is 0 Å². The van der Waals surface area contributed by atoms with Crippen molar-refractivity contribution in [2.45, 2.75) is 27.3 Å². The highest BCUT2D eigenvalue weighted by Crippen LogP contribution is 2.34. The molecule has 0 bridgehead atoms. The molecule has 3 N–H and O–H groups in total. The Balaban J connectivity index is 0.00000392. The number of fused-ring (bicyclic) bond motifs is 1. The number of carbonyl (C=O) groups is 1. The van der Waals surface area contributed by atoms with Crippen LogP contribution in [0.3, 0.4) is 0 Å². The first-order valence-corrected chi connectivity index (χ1v) is 10.4. The number of benzene rings is 1. The average molecular weight is 513 g/mol. The molecule has 0 unspecified atom stereocenters. The van der Waals surface area contributed by atoms with Gasteiger partial charge >= 0.3 is 5.97 Å². The number of aromatic nitrogens is 1. The molecule has 2 aromatic rings. The fourth-order valence-electron chi connectivity index (χ4n) is 3.46. The molecule has 0 amide bonds. The number of hydrogen-bond acceptors (Lipinski definition) is 3. The first kappa shape index (κ1) is 28.0. The summed E-state index contributed by atoms with van der Waals surface area (Å²) in [6.07, 6.45) is 0. The highest BCUT2D eigenvalue weighted by molar-refractivity contribution is 9.10. The van der Waals surface area contributed by atoms with Gasteiger partial charge in [0.1, 0.15) is 25.4 Å². The summed E-state index contributed by atoms with van der Waals surface area (Å²) in [5.74, 6) is 0.435. The monoisotopic (exact) mass is 511 g/mol. The quantitative estimate of drug-likeness (QED) is 0.248. The number of quaternary nitrogens is 2. The van der Waals surface area contributed by atoms with Gasteiger partial charge in [-0.05, 0) is 48.8 Å². The summed E-state index contributed by atoms with van der Waals surface area (Å²) in [4.78, 5) is 14.3. The molecule has 0 aliphatic carbocycles. The van der Waals surface area contributed by atoms with Crippen molar-refractivity contribution in [1.29, 1.82) is 0 Å². The Kier molecular flexibility index (Phi) is 12.9. The van der Waals surface area contributed by atoms with Gasteiger partial charge in [-0.3, -0.25) is 0 Å². The van der Waals surface area contributed by atoms with Crippen LogP contribution in [-0.4, -0.2) is 50.4 Å². The summed E-state index contributed by atoms with van der Waals surface area (Å²) in [5.41, 5.74) is 2.62. The summed E-state index contributed by atoms with van der Waals surface area (Å²) in [7, 11) is 3.63. The molecule has 9 heteroatoms. The molecule has 1 heterocycles. The average Bonchev–Trinajstić information content (AvgIpc) is 2.93. The minimum Gasteiger partial charge on any atom is -1.00 e. The van der Waals surface area contributed by atoms with Gasteiger partial charge < -0.3 is 49.1 Å². The maximum Gasteiger partial charge on any atom is 0.340 e. The second kappa shape index (κ2) is 13.3. The number of aryl methyl sites for hydroxylation is 1. The third-order valence-corrected chi connectivity index (χ3v) is 5.73. The second-order valence-corrected chi connectivity index (χ2v) is 7.45. The molecule has 0 radical (unpaired) electrons. The Morgan fingerprint density at radius 3 is 2.41 bits per heavy atom. The number of nitrogens with two attached hydrogens (primary N) is 1. The van der Waals surface area contributed by atoms with Gasteiger partial charge in [-0.2, -0.15) is 0 Å². The van der Waals surface area contributed by atoms with Crippen LogP contribution in [-0.2, 0) is 18.3 Å². The van der Waals surface area contributed by atoms with Gasteiger partial charge in [0.05, 0.1) is 48.1 Å². The van der Waals surface area contributed by atoms with E-state index < -0.39 is 0 Å². The maximum absolute atomic E-state index is 12.7. The zero-order valence-corrected chi connectivity index (χ0v) is 20.9. The van der Waals surface area contributed by atoms with Crippen LogP contribution in [0, 0.1) is 0 Å². The van der Waals surface area contributed by atoms with E-state index in [4.69, 9.17) is 9.47 Å². The third kappa shape index (κ3) is 6.49. The van der Waals surface area contributed by atoms with E-state index in [0.717, 1.165) is 53.8 Å². The number of methoxy groups -OCH3 is 1. The molecule has 0 spiro atoms. The standard InChI is InChI=1S/C20H30BrN3O3.2ClH/c1-6-24(7-2)10-9-22-13-17-19(20(25)27-8-3)14-11-18(26-5)15(21)12-16(14)23(17)4;;/h11-12,22H,6-10,13H2,1-5H3;2*1H. The van der Waals surface area contributed by atoms with Crippen LogP contribution in [0.15, 0.2) is 16.6 Å². The smallest absolute Gasteiger partial charge is 0.340 e. The Bertz CT molecular complexity index is 795. The molecule has 1 aromatic heterocycles. The first-order valence-electron chi connectivity index (χ1n) is 9.65. The predicted octanol–water partition coefficient (Wildman–Crippen LogP) is -4.88. The van der Waals surface area contributed by atoms with Crippen LogP contribution in [0.5, 0.6) is 5.75 Å². The van der Waals surface area contributed by atoms with Crippen molar-refractivity contribution >= 4 is 32.8 Å². The summed E-state index contributed by atoms with van der Waals surface area (Å²) < 4.78 is 13.7. The molecular weight excluding hydrogens is 481 g/mol. The molecule has 6 nitrogen and oxygen atoms in total. The van der Waals surface area contributed by atoms with Crippen molar-refractivity contribution in [3.63, 3.8) is 0 Å². The lowest BCUT2D eigenvalue weighted by Gasteiger charge is -2.14. The Labute approximate surface area is 194 Å². The van der Waals surface area contributed by atoms with Gasteiger partial charge in [0.2, 0.25) is 0 Å². The van der Waals surface area contributed by atoms with E-state index in [1.807, 2.05) is 26.1 Å². The predicted molar refractivity (Wildman–Crippen MR) is 111 cm³/mol. The van der Waals surface area contributed by atoms with E-state index in [1.54, 1.807) is 12.0 Å². The molecule has 2 rings (SSSR count). The molecular formula is C20H32BrCl2N3O3. The molecule has 0 aliphatic heterocycles. The highest BCUT2D eigenvalue weighted by Gasteiger charge is 2.24. The number of ether oxygens (including phenoxy) is 2. The molecule has 0 aliphatic rings. The molecule has 166 valence electrons.